The van der Waals surface area contributed by atoms with Gasteiger partial charge in [-0.1, -0.05) is 45.1 Å². The summed E-state index contributed by atoms with van der Waals surface area (Å²) in [4.78, 5) is 5.02. The van der Waals surface area contributed by atoms with E-state index in [1.165, 1.54) is 81.2 Å². The molecule has 0 saturated heterocycles. The molecule has 1 saturated carbocycles. The predicted octanol–water partition coefficient (Wildman–Crippen LogP) is 4.75. The lowest BCUT2D eigenvalue weighted by Gasteiger charge is -2.25. The van der Waals surface area contributed by atoms with Gasteiger partial charge >= 0.3 is 0 Å². The lowest BCUT2D eigenvalue weighted by molar-refractivity contribution is 0.401. The number of rotatable bonds is 6. The molecule has 0 amide bonds. The van der Waals surface area contributed by atoms with Crippen molar-refractivity contribution in [2.75, 3.05) is 0 Å². The van der Waals surface area contributed by atoms with E-state index in [0.29, 0.717) is 12.0 Å². The van der Waals surface area contributed by atoms with Gasteiger partial charge in [0.2, 0.25) is 0 Å². The van der Waals surface area contributed by atoms with Crippen LogP contribution in [0.3, 0.4) is 0 Å². The van der Waals surface area contributed by atoms with Gasteiger partial charge in [0, 0.05) is 23.3 Å². The van der Waals surface area contributed by atoms with Crippen LogP contribution in [0, 0.1) is 5.92 Å². The van der Waals surface area contributed by atoms with Crippen LogP contribution in [0.4, 0.5) is 0 Å². The van der Waals surface area contributed by atoms with E-state index in [0.717, 1.165) is 12.3 Å². The van der Waals surface area contributed by atoms with Gasteiger partial charge in [0.15, 0.2) is 0 Å². The molecule has 0 spiro atoms. The van der Waals surface area contributed by atoms with Crippen LogP contribution in [-0.2, 0) is 12.8 Å². The molecule has 0 radical (unpaired) electrons. The molecule has 1 aromatic heterocycles. The molecule has 2 aliphatic carbocycles. The highest BCUT2D eigenvalue weighted by Crippen LogP contribution is 2.35. The van der Waals surface area contributed by atoms with Crippen LogP contribution in [0.5, 0.6) is 0 Å². The summed E-state index contributed by atoms with van der Waals surface area (Å²) in [6.45, 7) is 2.29. The standard InChI is InChI=1S/C20H32N2/c1-2-3-4-5-6-15-7-11-19-16(13-15)9-12-20(22-19)17-8-10-18(21)14-17/h9,12,15,17-18H,2-8,10-11,13-14,21H2,1H3. The fourth-order valence-electron chi connectivity index (χ4n) is 4.32. The highest BCUT2D eigenvalue weighted by molar-refractivity contribution is 5.28. The summed E-state index contributed by atoms with van der Waals surface area (Å²) < 4.78 is 0. The SMILES string of the molecule is CCCCCCC1CCc2nc(C3CCC(N)C3)ccc2C1. The van der Waals surface area contributed by atoms with Gasteiger partial charge in [0.25, 0.3) is 0 Å². The van der Waals surface area contributed by atoms with Crippen LogP contribution in [0.25, 0.3) is 0 Å². The van der Waals surface area contributed by atoms with Crippen LogP contribution < -0.4 is 5.73 Å². The van der Waals surface area contributed by atoms with E-state index in [1.807, 2.05) is 0 Å². The molecule has 3 unspecified atom stereocenters. The van der Waals surface area contributed by atoms with Crippen molar-refractivity contribution < 1.29 is 0 Å². The number of nitrogens with zero attached hydrogens (tertiary/aromatic N) is 1. The minimum Gasteiger partial charge on any atom is -0.328 e. The zero-order chi connectivity index (χ0) is 15.4. The summed E-state index contributed by atoms with van der Waals surface area (Å²) in [5.74, 6) is 1.52. The predicted molar refractivity (Wildman–Crippen MR) is 93.1 cm³/mol. The molecular formula is C20H32N2. The first kappa shape index (κ1) is 16.0. The van der Waals surface area contributed by atoms with Crippen molar-refractivity contribution in [3.8, 4) is 0 Å². The first-order valence-corrected chi connectivity index (χ1v) is 9.50. The van der Waals surface area contributed by atoms with Crippen molar-refractivity contribution in [1.82, 2.24) is 4.98 Å². The lowest BCUT2D eigenvalue weighted by atomic mass is 9.83. The Balaban J connectivity index is 1.57. The third kappa shape index (κ3) is 3.90. The summed E-state index contributed by atoms with van der Waals surface area (Å²) in [7, 11) is 0. The van der Waals surface area contributed by atoms with Gasteiger partial charge in [0.05, 0.1) is 0 Å². The Kier molecular flexibility index (Phi) is 5.51. The number of fused-ring (bicyclic) bond motifs is 1. The van der Waals surface area contributed by atoms with Gasteiger partial charge in [-0.05, 0) is 56.1 Å². The number of hydrogen-bond acceptors (Lipinski definition) is 2. The van der Waals surface area contributed by atoms with Gasteiger partial charge in [0.1, 0.15) is 0 Å². The van der Waals surface area contributed by atoms with E-state index in [-0.39, 0.29) is 0 Å². The van der Waals surface area contributed by atoms with Gasteiger partial charge in [-0.15, -0.1) is 0 Å². The van der Waals surface area contributed by atoms with Crippen LogP contribution >= 0.6 is 0 Å². The molecule has 0 aromatic carbocycles. The van der Waals surface area contributed by atoms with Gasteiger partial charge in [-0.2, -0.15) is 0 Å². The third-order valence-electron chi connectivity index (χ3n) is 5.75. The van der Waals surface area contributed by atoms with Gasteiger partial charge < -0.3 is 5.73 Å². The average Bonchev–Trinajstić information content (AvgIpc) is 2.97. The molecule has 0 aliphatic heterocycles. The van der Waals surface area contributed by atoms with Crippen LogP contribution in [0.1, 0.15) is 87.6 Å². The number of hydrogen-bond donors (Lipinski definition) is 1. The van der Waals surface area contributed by atoms with E-state index in [1.54, 1.807) is 0 Å². The highest BCUT2D eigenvalue weighted by atomic mass is 14.7. The topological polar surface area (TPSA) is 38.9 Å². The van der Waals surface area contributed by atoms with E-state index >= 15 is 0 Å². The minimum absolute atomic E-state index is 0.398. The maximum absolute atomic E-state index is 6.06. The van der Waals surface area contributed by atoms with E-state index in [9.17, 15) is 0 Å². The third-order valence-corrected chi connectivity index (χ3v) is 5.75. The second-order valence-corrected chi connectivity index (χ2v) is 7.57. The maximum atomic E-state index is 6.06. The summed E-state index contributed by atoms with van der Waals surface area (Å²) in [6, 6.07) is 5.07. The van der Waals surface area contributed by atoms with E-state index in [2.05, 4.69) is 19.1 Å². The molecule has 1 aromatic rings. The Bertz CT molecular complexity index is 483. The smallest absolute Gasteiger partial charge is 0.0439 e. The molecule has 3 rings (SSSR count). The van der Waals surface area contributed by atoms with Gasteiger partial charge in [-0.3, -0.25) is 4.98 Å². The normalized spacial score (nSPS) is 27.8. The number of aromatic nitrogens is 1. The fourth-order valence-corrected chi connectivity index (χ4v) is 4.32. The highest BCUT2D eigenvalue weighted by Gasteiger charge is 2.26. The number of aryl methyl sites for hydroxylation is 1. The fraction of sp³-hybridized carbons (Fsp3) is 0.750. The molecule has 2 aliphatic rings. The summed E-state index contributed by atoms with van der Waals surface area (Å²) >= 11 is 0. The van der Waals surface area contributed by atoms with E-state index < -0.39 is 0 Å². The van der Waals surface area contributed by atoms with Gasteiger partial charge in [-0.25, -0.2) is 0 Å². The van der Waals surface area contributed by atoms with Crippen molar-refractivity contribution in [3.05, 3.63) is 29.1 Å². The molecule has 2 nitrogen and oxygen atoms in total. The van der Waals surface area contributed by atoms with E-state index in [4.69, 9.17) is 10.7 Å². The quantitative estimate of drug-likeness (QED) is 0.770. The van der Waals surface area contributed by atoms with Crippen LogP contribution in [-0.4, -0.2) is 11.0 Å². The summed E-state index contributed by atoms with van der Waals surface area (Å²) in [5, 5.41) is 0. The number of unbranched alkanes of at least 4 members (excludes halogenated alkanes) is 3. The minimum atomic E-state index is 0.398. The molecule has 2 heteroatoms. The second kappa shape index (κ2) is 7.59. The molecule has 2 N–H and O–H groups in total. The molecule has 22 heavy (non-hydrogen) atoms. The van der Waals surface area contributed by atoms with Crippen molar-refractivity contribution in [2.24, 2.45) is 11.7 Å². The lowest BCUT2D eigenvalue weighted by Crippen LogP contribution is -2.17. The Labute approximate surface area is 135 Å². The number of nitrogens with two attached hydrogens (primary N) is 1. The van der Waals surface area contributed by atoms with Crippen molar-refractivity contribution in [3.63, 3.8) is 0 Å². The van der Waals surface area contributed by atoms with Crippen LogP contribution in [0.15, 0.2) is 12.1 Å². The Morgan fingerprint density at radius 3 is 2.82 bits per heavy atom. The monoisotopic (exact) mass is 300 g/mol. The van der Waals surface area contributed by atoms with Crippen molar-refractivity contribution in [1.29, 1.82) is 0 Å². The zero-order valence-corrected chi connectivity index (χ0v) is 14.2. The molecule has 122 valence electrons. The first-order chi connectivity index (χ1) is 10.8. The molecule has 1 heterocycles. The zero-order valence-electron chi connectivity index (χ0n) is 14.2. The summed E-state index contributed by atoms with van der Waals surface area (Å²) in [6.07, 6.45) is 14.3. The Hall–Kier alpha value is -0.890. The molecular weight excluding hydrogens is 268 g/mol. The summed E-state index contributed by atoms with van der Waals surface area (Å²) in [5.41, 5.74) is 10.3. The first-order valence-electron chi connectivity index (χ1n) is 9.50. The average molecular weight is 300 g/mol. The maximum Gasteiger partial charge on any atom is 0.0439 e. The Morgan fingerprint density at radius 2 is 2.05 bits per heavy atom. The molecule has 3 atom stereocenters. The largest absolute Gasteiger partial charge is 0.328 e. The second-order valence-electron chi connectivity index (χ2n) is 7.57. The molecule has 0 bridgehead atoms. The van der Waals surface area contributed by atoms with Crippen molar-refractivity contribution >= 4 is 0 Å². The number of pyridine rings is 1. The van der Waals surface area contributed by atoms with Crippen molar-refractivity contribution in [2.45, 2.75) is 89.5 Å². The Morgan fingerprint density at radius 1 is 1.14 bits per heavy atom. The van der Waals surface area contributed by atoms with Crippen LogP contribution in [0.2, 0.25) is 0 Å². The molecule has 1 fully saturated rings.